The molecule has 6 aromatic rings. The highest BCUT2D eigenvalue weighted by Crippen LogP contribution is 2.29. The number of carboxylic acids is 2. The van der Waals surface area contributed by atoms with Crippen LogP contribution in [0.2, 0.25) is 0 Å². The van der Waals surface area contributed by atoms with E-state index in [2.05, 4.69) is 82.4 Å². The summed E-state index contributed by atoms with van der Waals surface area (Å²) in [6, 6.07) is 9.48. The summed E-state index contributed by atoms with van der Waals surface area (Å²) < 4.78 is 17.2. The van der Waals surface area contributed by atoms with Crippen LogP contribution >= 0.6 is 0 Å². The molecule has 0 radical (unpaired) electrons. The molecule has 21 N–H and O–H groups in total. The SMILES string of the molecule is Nc1nc2ncc(CNc3ccc(C(=O)NC(CCC(=O)NCCCCCC(=O)NCC4CC(O)[C@H](O)[C@@H](O[C@@H]5C(CNC(=O)CCCCCNC(=O)CCC(NC(=O)c6ccc(NCc7cnc8nc(N)[nH]c(=O)c8n7)cc6)C(=O)O)O[C@H](O)C(O)[C@H]5O)O4)C(=O)O)cc3)nc2c(=O)[nH]1. The summed E-state index contributed by atoms with van der Waals surface area (Å²) in [6.45, 7) is 0.272. The second-order valence-electron chi connectivity index (χ2n) is 23.6. The Bertz CT molecular complexity index is 3960. The van der Waals surface area contributed by atoms with Crippen LogP contribution in [0.15, 0.2) is 70.5 Å². The number of nitrogens with zero attached hydrogens (tertiary/aromatic N) is 6. The number of carboxylic acid groups (broad SMARTS) is 2. The van der Waals surface area contributed by atoms with Gasteiger partial charge in [-0.25, -0.2) is 29.5 Å². The Morgan fingerprint density at radius 3 is 1.46 bits per heavy atom. The number of amides is 6. The molecule has 0 saturated carbocycles. The summed E-state index contributed by atoms with van der Waals surface area (Å²) in [6.07, 6.45) is -9.51. The quantitative estimate of drug-likeness (QED) is 0.0174. The van der Waals surface area contributed by atoms with E-state index in [9.17, 15) is 83.7 Å². The highest BCUT2D eigenvalue weighted by atomic mass is 16.7. The van der Waals surface area contributed by atoms with Gasteiger partial charge in [0.25, 0.3) is 22.9 Å². The van der Waals surface area contributed by atoms with Crippen molar-refractivity contribution in [3.63, 3.8) is 0 Å². The van der Waals surface area contributed by atoms with Gasteiger partial charge in [0.2, 0.25) is 35.5 Å². The van der Waals surface area contributed by atoms with Gasteiger partial charge in [0.15, 0.2) is 34.9 Å². The zero-order valence-electron chi connectivity index (χ0n) is 53.8. The number of aliphatic hydroxyl groups excluding tert-OH is 5. The Morgan fingerprint density at radius 1 is 0.550 bits per heavy atom. The molecule has 6 amide bonds. The van der Waals surface area contributed by atoms with E-state index in [1.807, 2.05) is 0 Å². The molecule has 100 heavy (non-hydrogen) atoms. The van der Waals surface area contributed by atoms with Crippen LogP contribution in [0.3, 0.4) is 0 Å². The molecular formula is C62H80N18O20. The van der Waals surface area contributed by atoms with E-state index >= 15 is 0 Å². The number of aliphatic hydroxyl groups is 5. The number of nitrogens with one attached hydrogen (secondary N) is 10. The first-order valence-corrected chi connectivity index (χ1v) is 32.1. The van der Waals surface area contributed by atoms with Gasteiger partial charge in [0, 0.05) is 80.8 Å². The van der Waals surface area contributed by atoms with E-state index in [1.165, 1.54) is 36.7 Å². The minimum absolute atomic E-state index is 0.000554. The first-order valence-electron chi connectivity index (χ1n) is 32.1. The molecular weight excluding hydrogens is 1320 g/mol. The van der Waals surface area contributed by atoms with Gasteiger partial charge in [-0.1, -0.05) is 12.8 Å². The number of nitrogens with two attached hydrogens (primary N) is 2. The lowest BCUT2D eigenvalue weighted by Gasteiger charge is -2.44. The fourth-order valence-electron chi connectivity index (χ4n) is 10.5. The molecule has 2 aromatic carbocycles. The summed E-state index contributed by atoms with van der Waals surface area (Å²) in [5.74, 6) is -5.99. The van der Waals surface area contributed by atoms with E-state index in [1.54, 1.807) is 24.3 Å². The highest BCUT2D eigenvalue weighted by molar-refractivity contribution is 5.98. The van der Waals surface area contributed by atoms with Gasteiger partial charge in [-0.15, -0.1) is 0 Å². The van der Waals surface area contributed by atoms with Crippen LogP contribution in [0, 0.1) is 0 Å². The molecule has 38 nitrogen and oxygen atoms in total. The zero-order chi connectivity index (χ0) is 72.0. The number of benzene rings is 2. The third-order valence-corrected chi connectivity index (χ3v) is 16.0. The number of carbonyl (C=O) groups is 8. The Balaban J connectivity index is 0.659. The van der Waals surface area contributed by atoms with Gasteiger partial charge in [-0.05, 0) is 87.1 Å². The molecule has 11 atom stereocenters. The van der Waals surface area contributed by atoms with E-state index in [0.717, 1.165) is 0 Å². The van der Waals surface area contributed by atoms with E-state index in [-0.39, 0.29) is 135 Å². The summed E-state index contributed by atoms with van der Waals surface area (Å²) in [5.41, 5.74) is 12.6. The minimum atomic E-state index is -1.90. The van der Waals surface area contributed by atoms with Crippen molar-refractivity contribution < 1.29 is 88.3 Å². The van der Waals surface area contributed by atoms with Crippen LogP contribution in [-0.2, 0) is 56.1 Å². The van der Waals surface area contributed by atoms with E-state index in [4.69, 9.17) is 25.7 Å². The van der Waals surface area contributed by atoms with Crippen molar-refractivity contribution in [3.05, 3.63) is 104 Å². The largest absolute Gasteiger partial charge is 0.480 e. The molecule has 2 saturated heterocycles. The van der Waals surface area contributed by atoms with Crippen LogP contribution in [0.5, 0.6) is 0 Å². The zero-order valence-corrected chi connectivity index (χ0v) is 53.8. The van der Waals surface area contributed by atoms with Crippen molar-refractivity contribution in [3.8, 4) is 0 Å². The van der Waals surface area contributed by atoms with Crippen molar-refractivity contribution in [1.29, 1.82) is 0 Å². The predicted octanol–water partition coefficient (Wildman–Crippen LogP) is -3.00. The Morgan fingerprint density at radius 2 is 1.00 bits per heavy atom. The smallest absolute Gasteiger partial charge is 0.326 e. The fourth-order valence-corrected chi connectivity index (χ4v) is 10.5. The molecule has 0 spiro atoms. The summed E-state index contributed by atoms with van der Waals surface area (Å²) in [4.78, 5) is 155. The second-order valence-corrected chi connectivity index (χ2v) is 23.6. The van der Waals surface area contributed by atoms with Crippen LogP contribution in [0.25, 0.3) is 22.3 Å². The standard InChI is InChI=1S/C62H80N18O20/c63-61-77-51-45(55(91)79-61)73-34(26-71-51)24-67-32-13-9-30(10-14-32)53(89)75-37(57(93)94)17-19-43(84)65-21-5-1-3-7-41(82)69-28-36-23-39(81)47(86)60(98-36)100-50-40(99-59(97)49(88)48(50)87)29-70-42(83)8-4-2-6-22-66-44(85)20-18-38(58(95)96)76-54(90)31-11-15-33(16-12-31)68-25-35-27-72-52-46(74-35)56(92)80-62(64)78-52/h9-16,26-27,36-40,47-50,59-60,67-68,81,86-88,97H,1-8,17-25,28-29H2,(H,65,84)(H,66,85)(H,69,82)(H,70,83)(H,75,89)(H,76,90)(H,93,94)(H,95,96)(H3,63,71,77,79,91)(H3,64,72,78,80,92)/t36?,37?,38?,39?,40?,47-,48+,49?,50+,59-,60+/m0/s1. The molecule has 2 fully saturated rings. The van der Waals surface area contributed by atoms with Gasteiger partial charge in [0.1, 0.15) is 42.6 Å². The molecule has 4 aromatic heterocycles. The maximum atomic E-state index is 13.0. The predicted molar refractivity (Wildman–Crippen MR) is 351 cm³/mol. The number of ether oxygens (including phenoxy) is 3. The van der Waals surface area contributed by atoms with Gasteiger partial charge in [0.05, 0.1) is 49.1 Å². The third kappa shape index (κ3) is 22.3. The van der Waals surface area contributed by atoms with Gasteiger partial charge >= 0.3 is 11.9 Å². The third-order valence-electron chi connectivity index (χ3n) is 16.0. The number of fused-ring (bicyclic) bond motifs is 2. The molecule has 8 rings (SSSR count). The van der Waals surface area contributed by atoms with E-state index in [0.29, 0.717) is 61.3 Å². The first-order chi connectivity index (χ1) is 47.9. The van der Waals surface area contributed by atoms with E-state index < -0.39 is 120 Å². The summed E-state index contributed by atoms with van der Waals surface area (Å²) >= 11 is 0. The monoisotopic (exact) mass is 1400 g/mol. The molecule has 0 aliphatic carbocycles. The van der Waals surface area contributed by atoms with Crippen molar-refractivity contribution in [2.75, 3.05) is 48.3 Å². The maximum Gasteiger partial charge on any atom is 0.326 e. The number of hydrogen-bond donors (Lipinski definition) is 19. The van der Waals surface area contributed by atoms with Crippen LogP contribution < -0.4 is 65.1 Å². The van der Waals surface area contributed by atoms with Gasteiger partial charge in [-0.3, -0.25) is 48.3 Å². The average Bonchev–Trinajstić information content (AvgIpc) is 0.796. The van der Waals surface area contributed by atoms with Crippen LogP contribution in [-0.4, -0.2) is 217 Å². The second kappa shape index (κ2) is 36.4. The lowest BCUT2D eigenvalue weighted by atomic mass is 9.97. The fraction of sp³-hybridized carbons (Fsp3) is 0.484. The lowest BCUT2D eigenvalue weighted by Crippen LogP contribution is -2.63. The molecule has 38 heteroatoms. The molecule has 6 unspecified atom stereocenters. The first kappa shape index (κ1) is 75.3. The number of aromatic amines is 2. The molecule has 0 bridgehead atoms. The number of hydrogen-bond acceptors (Lipinski definition) is 28. The number of H-pyrrole nitrogens is 2. The maximum absolute atomic E-state index is 13.0. The summed E-state index contributed by atoms with van der Waals surface area (Å²) in [7, 11) is 0. The number of carbonyl (C=O) groups excluding carboxylic acids is 6. The van der Waals surface area contributed by atoms with Gasteiger partial charge < -0.3 is 104 Å². The minimum Gasteiger partial charge on any atom is -0.480 e. The molecule has 2 aliphatic rings. The average molecular weight is 1400 g/mol. The van der Waals surface area contributed by atoms with Crippen molar-refractivity contribution in [2.45, 2.75) is 164 Å². The topological polar surface area (TPSA) is 597 Å². The number of aliphatic carboxylic acids is 2. The number of unbranched alkanes of at least 4 members (excludes halogenated alkanes) is 4. The highest BCUT2D eigenvalue weighted by Gasteiger charge is 2.48. The van der Waals surface area contributed by atoms with Crippen LogP contribution in [0.4, 0.5) is 23.3 Å². The molecule has 538 valence electrons. The molecule has 2 aliphatic heterocycles. The van der Waals surface area contributed by atoms with Gasteiger partial charge in [-0.2, -0.15) is 9.97 Å². The Kier molecular flexibility index (Phi) is 27.4. The number of rotatable bonds is 36. The number of nitrogen functional groups attached to an aromatic ring is 2. The van der Waals surface area contributed by atoms with Crippen molar-refractivity contribution in [1.82, 2.24) is 71.8 Å². The Hall–Kier alpha value is -10.5. The Labute approximate surface area is 567 Å². The van der Waals surface area contributed by atoms with Crippen LogP contribution in [0.1, 0.15) is 116 Å². The van der Waals surface area contributed by atoms with Crippen molar-refractivity contribution in [2.24, 2.45) is 0 Å². The van der Waals surface area contributed by atoms with Crippen molar-refractivity contribution >= 4 is 93.0 Å². The lowest BCUT2D eigenvalue weighted by molar-refractivity contribution is -0.339. The number of aromatic nitrogens is 8. The normalized spacial score (nSPS) is 20.3. The number of anilines is 4. The molecule has 6 heterocycles. The summed E-state index contributed by atoms with van der Waals surface area (Å²) in [5, 5.41) is 94.7.